The Bertz CT molecular complexity index is 323. The molecule has 0 aromatic heterocycles. The predicted octanol–water partition coefficient (Wildman–Crippen LogP) is 3.21. The molecular weight excluding hydrogens is 208 g/mol. The number of thioether (sulfide) groups is 1. The summed E-state index contributed by atoms with van der Waals surface area (Å²) in [4.78, 5) is 11.7. The van der Waals surface area contributed by atoms with E-state index in [0.717, 1.165) is 11.3 Å². The summed E-state index contributed by atoms with van der Waals surface area (Å²) >= 11 is 1.79. The van der Waals surface area contributed by atoms with Gasteiger partial charge in [0.15, 0.2) is 0 Å². The van der Waals surface area contributed by atoms with Crippen LogP contribution in [0, 0.1) is 0 Å². The average molecular weight is 224 g/mol. The Labute approximate surface area is 94.7 Å². The van der Waals surface area contributed by atoms with E-state index in [4.69, 9.17) is 5.11 Å². The van der Waals surface area contributed by atoms with E-state index in [1.165, 1.54) is 17.7 Å². The lowest BCUT2D eigenvalue weighted by Crippen LogP contribution is -1.99. The minimum atomic E-state index is -0.772. The molecule has 0 saturated carbocycles. The zero-order chi connectivity index (χ0) is 11.1. The van der Waals surface area contributed by atoms with Crippen molar-refractivity contribution < 1.29 is 9.90 Å². The van der Waals surface area contributed by atoms with E-state index >= 15 is 0 Å². The topological polar surface area (TPSA) is 37.3 Å². The van der Waals surface area contributed by atoms with E-state index in [2.05, 4.69) is 6.92 Å². The maximum absolute atomic E-state index is 10.5. The molecule has 0 aliphatic heterocycles. The second-order valence-electron chi connectivity index (χ2n) is 3.42. The van der Waals surface area contributed by atoms with Gasteiger partial charge in [0.1, 0.15) is 0 Å². The Balaban J connectivity index is 2.53. The van der Waals surface area contributed by atoms with Crippen molar-refractivity contribution in [1.29, 1.82) is 0 Å². The third-order valence-electron chi connectivity index (χ3n) is 2.02. The Kier molecular flexibility index (Phi) is 5.26. The van der Waals surface area contributed by atoms with Crippen LogP contribution in [0.1, 0.15) is 25.3 Å². The monoisotopic (exact) mass is 224 g/mol. The summed E-state index contributed by atoms with van der Waals surface area (Å²) in [5.41, 5.74) is 0.879. The van der Waals surface area contributed by atoms with Crippen molar-refractivity contribution in [2.75, 3.05) is 5.75 Å². The SMILES string of the molecule is CCCCSc1cccc(CC(=O)O)c1. The fraction of sp³-hybridized carbons (Fsp3) is 0.417. The predicted molar refractivity (Wildman–Crippen MR) is 63.4 cm³/mol. The molecule has 0 amide bonds. The summed E-state index contributed by atoms with van der Waals surface area (Å²) in [5.74, 6) is 0.332. The van der Waals surface area contributed by atoms with Gasteiger partial charge < -0.3 is 5.11 Å². The van der Waals surface area contributed by atoms with Gasteiger partial charge in [0.05, 0.1) is 6.42 Å². The Morgan fingerprint density at radius 2 is 2.27 bits per heavy atom. The number of hydrogen-bond donors (Lipinski definition) is 1. The van der Waals surface area contributed by atoms with Crippen molar-refractivity contribution in [1.82, 2.24) is 0 Å². The number of unbranched alkanes of at least 4 members (excludes halogenated alkanes) is 1. The summed E-state index contributed by atoms with van der Waals surface area (Å²) < 4.78 is 0. The van der Waals surface area contributed by atoms with Gasteiger partial charge in [-0.05, 0) is 29.9 Å². The van der Waals surface area contributed by atoms with Crippen LogP contribution in [0.2, 0.25) is 0 Å². The minimum Gasteiger partial charge on any atom is -0.481 e. The zero-order valence-corrected chi connectivity index (χ0v) is 9.72. The van der Waals surface area contributed by atoms with Crippen LogP contribution in [0.4, 0.5) is 0 Å². The molecular formula is C12H16O2S. The molecule has 1 aromatic rings. The van der Waals surface area contributed by atoms with E-state index in [-0.39, 0.29) is 6.42 Å². The number of rotatable bonds is 6. The van der Waals surface area contributed by atoms with Crippen LogP contribution in [0.15, 0.2) is 29.2 Å². The first kappa shape index (κ1) is 12.1. The third-order valence-corrected chi connectivity index (χ3v) is 3.10. The van der Waals surface area contributed by atoms with E-state index in [0.29, 0.717) is 0 Å². The lowest BCUT2D eigenvalue weighted by atomic mass is 10.2. The summed E-state index contributed by atoms with van der Waals surface area (Å²) in [6.07, 6.45) is 2.51. The highest BCUT2D eigenvalue weighted by atomic mass is 32.2. The third kappa shape index (κ3) is 4.88. The molecule has 0 bridgehead atoms. The quantitative estimate of drug-likeness (QED) is 0.595. The van der Waals surface area contributed by atoms with E-state index in [1.807, 2.05) is 24.3 Å². The molecule has 1 rings (SSSR count). The van der Waals surface area contributed by atoms with Crippen molar-refractivity contribution in [3.05, 3.63) is 29.8 Å². The lowest BCUT2D eigenvalue weighted by Gasteiger charge is -2.02. The van der Waals surface area contributed by atoms with E-state index in [9.17, 15) is 4.79 Å². The van der Waals surface area contributed by atoms with Gasteiger partial charge >= 0.3 is 5.97 Å². The molecule has 0 heterocycles. The van der Waals surface area contributed by atoms with Crippen molar-refractivity contribution in [2.24, 2.45) is 0 Å². The second kappa shape index (κ2) is 6.51. The van der Waals surface area contributed by atoms with Crippen LogP contribution in [0.5, 0.6) is 0 Å². The highest BCUT2D eigenvalue weighted by Gasteiger charge is 2.01. The molecule has 82 valence electrons. The number of aliphatic carboxylic acids is 1. The highest BCUT2D eigenvalue weighted by molar-refractivity contribution is 7.99. The molecule has 15 heavy (non-hydrogen) atoms. The normalized spacial score (nSPS) is 10.2. The zero-order valence-electron chi connectivity index (χ0n) is 8.90. The fourth-order valence-electron chi connectivity index (χ4n) is 1.25. The largest absolute Gasteiger partial charge is 0.481 e. The molecule has 1 aromatic carbocycles. The summed E-state index contributed by atoms with van der Waals surface area (Å²) in [6.45, 7) is 2.17. The van der Waals surface area contributed by atoms with Gasteiger partial charge in [-0.15, -0.1) is 11.8 Å². The molecule has 0 saturated heterocycles. The van der Waals surface area contributed by atoms with Gasteiger partial charge in [0.2, 0.25) is 0 Å². The minimum absolute atomic E-state index is 0.113. The van der Waals surface area contributed by atoms with Crippen LogP contribution < -0.4 is 0 Å². The van der Waals surface area contributed by atoms with Crippen molar-refractivity contribution in [2.45, 2.75) is 31.1 Å². The summed E-state index contributed by atoms with van der Waals surface area (Å²) in [5, 5.41) is 8.67. The first-order chi connectivity index (χ1) is 7.22. The highest BCUT2D eigenvalue weighted by Crippen LogP contribution is 2.20. The summed E-state index contributed by atoms with van der Waals surface area (Å²) in [6, 6.07) is 7.78. The second-order valence-corrected chi connectivity index (χ2v) is 4.59. The Hall–Kier alpha value is -0.960. The number of carboxylic acid groups (broad SMARTS) is 1. The first-order valence-electron chi connectivity index (χ1n) is 5.16. The number of hydrogen-bond acceptors (Lipinski definition) is 2. The standard InChI is InChI=1S/C12H16O2S/c1-2-3-7-15-11-6-4-5-10(8-11)9-12(13)14/h4-6,8H,2-3,7,9H2,1H3,(H,13,14). The number of carboxylic acids is 1. The molecule has 2 nitrogen and oxygen atoms in total. The van der Waals surface area contributed by atoms with Crippen molar-refractivity contribution in [3.8, 4) is 0 Å². The van der Waals surface area contributed by atoms with Crippen LogP contribution in [0.25, 0.3) is 0 Å². The van der Waals surface area contributed by atoms with Crippen LogP contribution >= 0.6 is 11.8 Å². The van der Waals surface area contributed by atoms with Gasteiger partial charge in [-0.25, -0.2) is 0 Å². The first-order valence-corrected chi connectivity index (χ1v) is 6.14. The van der Waals surface area contributed by atoms with E-state index < -0.39 is 5.97 Å². The maximum Gasteiger partial charge on any atom is 0.307 e. The van der Waals surface area contributed by atoms with Gasteiger partial charge in [-0.1, -0.05) is 25.5 Å². The molecule has 0 radical (unpaired) electrons. The molecule has 0 aliphatic carbocycles. The lowest BCUT2D eigenvalue weighted by molar-refractivity contribution is -0.136. The molecule has 1 N–H and O–H groups in total. The van der Waals surface area contributed by atoms with Crippen LogP contribution in [-0.2, 0) is 11.2 Å². The van der Waals surface area contributed by atoms with Crippen LogP contribution in [-0.4, -0.2) is 16.8 Å². The van der Waals surface area contributed by atoms with Crippen molar-refractivity contribution >= 4 is 17.7 Å². The molecule has 3 heteroatoms. The molecule has 0 aliphatic rings. The van der Waals surface area contributed by atoms with Gasteiger partial charge in [-0.3, -0.25) is 4.79 Å². The van der Waals surface area contributed by atoms with Gasteiger partial charge in [-0.2, -0.15) is 0 Å². The fourth-order valence-corrected chi connectivity index (χ4v) is 2.33. The molecule has 0 spiro atoms. The number of carbonyl (C=O) groups is 1. The van der Waals surface area contributed by atoms with Gasteiger partial charge in [0, 0.05) is 4.90 Å². The molecule has 0 atom stereocenters. The average Bonchev–Trinajstić information content (AvgIpc) is 2.18. The van der Waals surface area contributed by atoms with Gasteiger partial charge in [0.25, 0.3) is 0 Å². The Morgan fingerprint density at radius 1 is 1.47 bits per heavy atom. The molecule has 0 fully saturated rings. The van der Waals surface area contributed by atoms with E-state index in [1.54, 1.807) is 11.8 Å². The smallest absolute Gasteiger partial charge is 0.307 e. The molecule has 0 unspecified atom stereocenters. The van der Waals surface area contributed by atoms with Crippen molar-refractivity contribution in [3.63, 3.8) is 0 Å². The maximum atomic E-state index is 10.5. The Morgan fingerprint density at radius 3 is 2.93 bits per heavy atom. The summed E-state index contributed by atoms with van der Waals surface area (Å²) in [7, 11) is 0. The number of benzene rings is 1. The van der Waals surface area contributed by atoms with Crippen LogP contribution in [0.3, 0.4) is 0 Å².